The zero-order valence-electron chi connectivity index (χ0n) is 17.7. The molecule has 1 aliphatic rings. The Morgan fingerprint density at radius 1 is 1.17 bits per heavy atom. The van der Waals surface area contributed by atoms with Crippen LogP contribution < -0.4 is 10.2 Å². The number of nitrogens with one attached hydrogen (secondary N) is 1. The molecule has 1 saturated heterocycles. The Morgan fingerprint density at radius 3 is 2.33 bits per heavy atom. The first-order chi connectivity index (χ1) is 14.3. The molecule has 0 aliphatic carbocycles. The summed E-state index contributed by atoms with van der Waals surface area (Å²) in [5.74, 6) is -0.148. The number of anilines is 1. The number of aliphatic hydroxyl groups excluding tert-OH is 1. The minimum Gasteiger partial charge on any atom is -0.442 e. The van der Waals surface area contributed by atoms with Crippen LogP contribution in [0.25, 0.3) is 11.1 Å². The van der Waals surface area contributed by atoms with Crippen LogP contribution >= 0.6 is 0 Å². The number of ether oxygens (including phenoxy) is 1. The molecule has 2 aromatic carbocycles. The smallest absolute Gasteiger partial charge is 0.414 e. The zero-order valence-corrected chi connectivity index (χ0v) is 17.7. The summed E-state index contributed by atoms with van der Waals surface area (Å²) < 4.78 is 5.31. The normalized spacial score (nSPS) is 17.2. The predicted molar refractivity (Wildman–Crippen MR) is 116 cm³/mol. The highest BCUT2D eigenvalue weighted by molar-refractivity contribution is 5.90. The lowest BCUT2D eigenvalue weighted by Gasteiger charge is -2.15. The molecule has 2 aromatic rings. The fraction of sp³-hybridized carbons (Fsp3) is 0.391. The van der Waals surface area contributed by atoms with Gasteiger partial charge in [0.25, 0.3) is 0 Å². The lowest BCUT2D eigenvalue weighted by molar-refractivity contribution is -0.119. The third-order valence-corrected chi connectivity index (χ3v) is 5.11. The predicted octanol–water partition coefficient (Wildman–Crippen LogP) is 2.80. The van der Waals surface area contributed by atoms with Crippen LogP contribution in [0.2, 0.25) is 0 Å². The first kappa shape index (κ1) is 21.8. The van der Waals surface area contributed by atoms with E-state index < -0.39 is 12.2 Å². The molecular weight excluding hydrogens is 382 g/mol. The van der Waals surface area contributed by atoms with Crippen molar-refractivity contribution in [2.24, 2.45) is 0 Å². The van der Waals surface area contributed by atoms with Crippen LogP contribution in [0.15, 0.2) is 48.5 Å². The molecule has 30 heavy (non-hydrogen) atoms. The highest BCUT2D eigenvalue weighted by Crippen LogP contribution is 2.27. The summed E-state index contributed by atoms with van der Waals surface area (Å²) >= 11 is 0. The number of carbonyl (C=O) groups excluding carboxylic acids is 2. The van der Waals surface area contributed by atoms with E-state index in [1.54, 1.807) is 4.90 Å². The van der Waals surface area contributed by atoms with E-state index in [1.165, 1.54) is 6.92 Å². The molecule has 7 nitrogen and oxygen atoms in total. The van der Waals surface area contributed by atoms with Crippen LogP contribution in [0, 0.1) is 0 Å². The number of benzene rings is 2. The lowest BCUT2D eigenvalue weighted by Crippen LogP contribution is -2.33. The maximum atomic E-state index is 12.1. The maximum Gasteiger partial charge on any atom is 0.414 e. The highest BCUT2D eigenvalue weighted by atomic mass is 16.6. The lowest BCUT2D eigenvalue weighted by atomic mass is 10.0. The van der Waals surface area contributed by atoms with Gasteiger partial charge in [0.05, 0.1) is 19.2 Å². The number of aliphatic hydroxyl groups is 1. The quantitative estimate of drug-likeness (QED) is 0.698. The third-order valence-electron chi connectivity index (χ3n) is 5.11. The number of amides is 2. The highest BCUT2D eigenvalue weighted by Gasteiger charge is 2.32. The number of carbonyl (C=O) groups is 2. The van der Waals surface area contributed by atoms with Gasteiger partial charge in [0, 0.05) is 19.2 Å². The van der Waals surface area contributed by atoms with Crippen molar-refractivity contribution in [3.05, 3.63) is 54.1 Å². The van der Waals surface area contributed by atoms with Gasteiger partial charge in [-0.15, -0.1) is 0 Å². The van der Waals surface area contributed by atoms with Gasteiger partial charge in [0.15, 0.2) is 0 Å². The topological polar surface area (TPSA) is 82.1 Å². The van der Waals surface area contributed by atoms with Crippen molar-refractivity contribution in [2.45, 2.75) is 25.6 Å². The van der Waals surface area contributed by atoms with Crippen molar-refractivity contribution in [1.82, 2.24) is 10.2 Å². The summed E-state index contributed by atoms with van der Waals surface area (Å²) in [5, 5.41) is 13.0. The fourth-order valence-electron chi connectivity index (χ4n) is 3.37. The summed E-state index contributed by atoms with van der Waals surface area (Å²) in [6, 6.07) is 15.6. The van der Waals surface area contributed by atoms with Gasteiger partial charge in [0.2, 0.25) is 5.91 Å². The van der Waals surface area contributed by atoms with Crippen molar-refractivity contribution >= 4 is 17.7 Å². The summed E-state index contributed by atoms with van der Waals surface area (Å²) in [4.78, 5) is 26.8. The Bertz CT molecular complexity index is 865. The average Bonchev–Trinajstić information content (AvgIpc) is 3.11. The first-order valence-corrected chi connectivity index (χ1v) is 10.1. The van der Waals surface area contributed by atoms with Crippen molar-refractivity contribution in [3.63, 3.8) is 0 Å². The minimum atomic E-state index is -0.476. The molecule has 160 valence electrons. The van der Waals surface area contributed by atoms with Crippen LogP contribution in [0.5, 0.6) is 0 Å². The van der Waals surface area contributed by atoms with E-state index in [2.05, 4.69) is 10.2 Å². The van der Waals surface area contributed by atoms with Gasteiger partial charge in [-0.3, -0.25) is 9.69 Å². The summed E-state index contributed by atoms with van der Waals surface area (Å²) in [6.45, 7) is 2.97. The molecule has 1 aliphatic heterocycles. The fourth-order valence-corrected chi connectivity index (χ4v) is 3.37. The third kappa shape index (κ3) is 5.58. The monoisotopic (exact) mass is 411 g/mol. The second-order valence-electron chi connectivity index (χ2n) is 7.83. The van der Waals surface area contributed by atoms with Gasteiger partial charge < -0.3 is 20.1 Å². The van der Waals surface area contributed by atoms with E-state index in [9.17, 15) is 14.7 Å². The molecule has 3 rings (SSSR count). The Labute approximate surface area is 177 Å². The molecular formula is C23H29N3O4. The van der Waals surface area contributed by atoms with E-state index in [0.717, 1.165) is 28.9 Å². The number of hydrogen-bond acceptors (Lipinski definition) is 5. The number of cyclic esters (lactones) is 1. The van der Waals surface area contributed by atoms with Gasteiger partial charge in [-0.2, -0.15) is 0 Å². The molecule has 0 spiro atoms. The summed E-state index contributed by atoms with van der Waals surface area (Å²) in [6.07, 6.45) is -0.548. The molecule has 1 unspecified atom stereocenters. The largest absolute Gasteiger partial charge is 0.442 e. The van der Waals surface area contributed by atoms with Crippen molar-refractivity contribution in [1.29, 1.82) is 0 Å². The van der Waals surface area contributed by atoms with E-state index in [4.69, 9.17) is 4.74 Å². The summed E-state index contributed by atoms with van der Waals surface area (Å²) in [5.41, 5.74) is 3.72. The van der Waals surface area contributed by atoms with Gasteiger partial charge in [-0.1, -0.05) is 36.4 Å². The Morgan fingerprint density at radius 2 is 1.77 bits per heavy atom. The van der Waals surface area contributed by atoms with Crippen LogP contribution in [0.1, 0.15) is 25.0 Å². The zero-order chi connectivity index (χ0) is 21.7. The molecule has 2 atom stereocenters. The molecule has 0 aromatic heterocycles. The van der Waals surface area contributed by atoms with Crippen LogP contribution in [-0.4, -0.2) is 61.8 Å². The van der Waals surface area contributed by atoms with E-state index in [-0.39, 0.29) is 12.0 Å². The molecule has 2 amide bonds. The van der Waals surface area contributed by atoms with Crippen LogP contribution in [0.3, 0.4) is 0 Å². The number of nitrogens with zero attached hydrogens (tertiary/aromatic N) is 2. The molecule has 7 heteroatoms. The second kappa shape index (κ2) is 9.73. The number of rotatable bonds is 8. The van der Waals surface area contributed by atoms with Crippen LogP contribution in [0.4, 0.5) is 10.5 Å². The van der Waals surface area contributed by atoms with Gasteiger partial charge in [0.1, 0.15) is 6.10 Å². The van der Waals surface area contributed by atoms with E-state index >= 15 is 0 Å². The SMILES string of the molecule is CC(=O)NC[C@@H]1CN(c2ccc(-c3ccc(C(O)CCN(C)C)cc3)cc2)C(=O)O1. The van der Waals surface area contributed by atoms with E-state index in [1.807, 2.05) is 62.6 Å². The van der Waals surface area contributed by atoms with Gasteiger partial charge in [-0.25, -0.2) is 4.79 Å². The standard InChI is InChI=1S/C23H29N3O4/c1-16(27)24-14-21-15-26(23(29)30-21)20-10-8-18(9-11-20)17-4-6-19(7-5-17)22(28)12-13-25(2)3/h4-11,21-22,28H,12-15H2,1-3H3,(H,24,27)/t21-,22?/m1/s1. The average molecular weight is 412 g/mol. The minimum absolute atomic E-state index is 0.148. The van der Waals surface area contributed by atoms with E-state index in [0.29, 0.717) is 19.5 Å². The van der Waals surface area contributed by atoms with Gasteiger partial charge >= 0.3 is 6.09 Å². The summed E-state index contributed by atoms with van der Waals surface area (Å²) in [7, 11) is 3.98. The second-order valence-corrected chi connectivity index (χ2v) is 7.83. The molecule has 0 radical (unpaired) electrons. The molecule has 2 N–H and O–H groups in total. The van der Waals surface area contributed by atoms with Crippen molar-refractivity contribution < 1.29 is 19.4 Å². The Balaban J connectivity index is 1.63. The molecule has 0 saturated carbocycles. The van der Waals surface area contributed by atoms with Crippen LogP contribution in [-0.2, 0) is 9.53 Å². The molecule has 0 bridgehead atoms. The van der Waals surface area contributed by atoms with Crippen molar-refractivity contribution in [3.8, 4) is 11.1 Å². The molecule has 1 heterocycles. The Kier molecular flexibility index (Phi) is 7.07. The first-order valence-electron chi connectivity index (χ1n) is 10.1. The maximum absolute atomic E-state index is 12.1. The van der Waals surface area contributed by atoms with Crippen molar-refractivity contribution in [2.75, 3.05) is 38.6 Å². The number of hydrogen-bond donors (Lipinski definition) is 2. The molecule has 1 fully saturated rings. The van der Waals surface area contributed by atoms with Gasteiger partial charge in [-0.05, 0) is 49.3 Å². The Hall–Kier alpha value is -2.90.